The fourth-order valence-corrected chi connectivity index (χ4v) is 6.03. The van der Waals surface area contributed by atoms with E-state index in [1.807, 2.05) is 56.4 Å². The summed E-state index contributed by atoms with van der Waals surface area (Å²) in [5, 5.41) is 4.01. The van der Waals surface area contributed by atoms with Crippen molar-refractivity contribution in [3.8, 4) is 16.9 Å². The van der Waals surface area contributed by atoms with Gasteiger partial charge in [0.05, 0.1) is 11.6 Å². The molecule has 0 aliphatic heterocycles. The van der Waals surface area contributed by atoms with Gasteiger partial charge in [-0.05, 0) is 74.0 Å². The Balaban J connectivity index is 1.50. The standard InChI is InChI=1S/C32H35ClN2O2/c1-3-37-30-18-13-23(22-9-5-4-6-10-22)19-25(30)21-35(27-16-14-26(34-2)15-17-27)32(36)29-20-24-11-7-8-12-28(24)31(29)33/h4-13,18-19,26-27,34H,3,14-17,20-21H2,1-2H3/t26-,27+. The lowest BCUT2D eigenvalue weighted by atomic mass is 9.89. The molecule has 37 heavy (non-hydrogen) atoms. The zero-order chi connectivity index (χ0) is 25.8. The van der Waals surface area contributed by atoms with Gasteiger partial charge in [0.1, 0.15) is 5.75 Å². The van der Waals surface area contributed by atoms with Crippen molar-refractivity contribution < 1.29 is 9.53 Å². The van der Waals surface area contributed by atoms with E-state index in [0.29, 0.717) is 36.2 Å². The molecule has 0 unspecified atom stereocenters. The minimum atomic E-state index is 0.0432. The zero-order valence-corrected chi connectivity index (χ0v) is 22.4. The van der Waals surface area contributed by atoms with Crippen LogP contribution < -0.4 is 10.1 Å². The van der Waals surface area contributed by atoms with E-state index in [2.05, 4.69) is 40.5 Å². The van der Waals surface area contributed by atoms with Gasteiger partial charge in [0.25, 0.3) is 5.91 Å². The van der Waals surface area contributed by atoms with E-state index >= 15 is 0 Å². The van der Waals surface area contributed by atoms with Crippen LogP contribution in [0.1, 0.15) is 49.3 Å². The first-order valence-corrected chi connectivity index (χ1v) is 13.7. The summed E-state index contributed by atoms with van der Waals surface area (Å²) < 4.78 is 6.04. The van der Waals surface area contributed by atoms with Crippen molar-refractivity contribution in [1.29, 1.82) is 0 Å². The second-order valence-electron chi connectivity index (χ2n) is 9.98. The number of hydrogen-bond acceptors (Lipinski definition) is 3. The van der Waals surface area contributed by atoms with Crippen LogP contribution in [0.25, 0.3) is 16.2 Å². The molecule has 1 saturated carbocycles. The SMILES string of the molecule is CCOc1ccc(-c2ccccc2)cc1CN(C(=O)C1=C(Cl)c2ccccc2C1)[C@H]1CC[C@@H](NC)CC1. The third-order valence-electron chi connectivity index (χ3n) is 7.76. The van der Waals surface area contributed by atoms with E-state index in [4.69, 9.17) is 16.3 Å². The van der Waals surface area contributed by atoms with Crippen LogP contribution in [0, 0.1) is 0 Å². The van der Waals surface area contributed by atoms with Gasteiger partial charge in [0.15, 0.2) is 0 Å². The molecule has 4 nitrogen and oxygen atoms in total. The molecule has 5 rings (SSSR count). The number of halogens is 1. The fraction of sp³-hybridized carbons (Fsp3) is 0.344. The highest BCUT2D eigenvalue weighted by Gasteiger charge is 2.34. The summed E-state index contributed by atoms with van der Waals surface area (Å²) in [4.78, 5) is 16.3. The number of fused-ring (bicyclic) bond motifs is 1. The molecule has 1 fully saturated rings. The first kappa shape index (κ1) is 25.6. The predicted molar refractivity (Wildman–Crippen MR) is 152 cm³/mol. The van der Waals surface area contributed by atoms with Crippen molar-refractivity contribution in [3.05, 3.63) is 95.1 Å². The molecule has 2 aliphatic rings. The van der Waals surface area contributed by atoms with Crippen LogP contribution in [0.5, 0.6) is 5.75 Å². The van der Waals surface area contributed by atoms with Gasteiger partial charge in [-0.3, -0.25) is 4.79 Å². The monoisotopic (exact) mass is 514 g/mol. The molecule has 1 N–H and O–H groups in total. The fourth-order valence-electron chi connectivity index (χ4n) is 5.70. The quantitative estimate of drug-likeness (QED) is 0.358. The molecule has 0 radical (unpaired) electrons. The number of nitrogens with zero attached hydrogens (tertiary/aromatic N) is 1. The second kappa shape index (κ2) is 11.5. The van der Waals surface area contributed by atoms with Crippen LogP contribution in [0.15, 0.2) is 78.4 Å². The highest BCUT2D eigenvalue weighted by Crippen LogP contribution is 2.38. The summed E-state index contributed by atoms with van der Waals surface area (Å²) in [5.74, 6) is 0.875. The van der Waals surface area contributed by atoms with Crippen molar-refractivity contribution in [2.24, 2.45) is 0 Å². The Labute approximate surface area is 225 Å². The molecule has 0 heterocycles. The summed E-state index contributed by atoms with van der Waals surface area (Å²) in [6.45, 7) is 3.07. The molecule has 0 saturated heterocycles. The highest BCUT2D eigenvalue weighted by atomic mass is 35.5. The van der Waals surface area contributed by atoms with E-state index in [0.717, 1.165) is 59.3 Å². The molecule has 192 valence electrons. The lowest BCUT2D eigenvalue weighted by Gasteiger charge is -2.37. The molecule has 3 aromatic rings. The lowest BCUT2D eigenvalue weighted by Crippen LogP contribution is -2.45. The van der Waals surface area contributed by atoms with Gasteiger partial charge in [-0.1, -0.05) is 72.3 Å². The normalized spacial score (nSPS) is 19.0. The average Bonchev–Trinajstić information content (AvgIpc) is 3.29. The highest BCUT2D eigenvalue weighted by molar-refractivity contribution is 6.51. The summed E-state index contributed by atoms with van der Waals surface area (Å²) in [6.07, 6.45) is 4.63. The molecular formula is C32H35ClN2O2. The average molecular weight is 515 g/mol. The third-order valence-corrected chi connectivity index (χ3v) is 8.19. The van der Waals surface area contributed by atoms with Gasteiger partial charge < -0.3 is 15.0 Å². The topological polar surface area (TPSA) is 41.6 Å². The van der Waals surface area contributed by atoms with Gasteiger partial charge in [0, 0.05) is 36.2 Å². The van der Waals surface area contributed by atoms with E-state index < -0.39 is 0 Å². The molecule has 0 bridgehead atoms. The van der Waals surface area contributed by atoms with Gasteiger partial charge in [-0.15, -0.1) is 0 Å². The molecule has 1 amide bonds. The lowest BCUT2D eigenvalue weighted by molar-refractivity contribution is -0.130. The van der Waals surface area contributed by atoms with Crippen LogP contribution in [-0.2, 0) is 17.8 Å². The number of ether oxygens (including phenoxy) is 1. The molecule has 0 atom stereocenters. The summed E-state index contributed by atoms with van der Waals surface area (Å²) in [6, 6.07) is 25.4. The Kier molecular flexibility index (Phi) is 7.97. The number of carbonyl (C=O) groups excluding carboxylic acids is 1. The summed E-state index contributed by atoms with van der Waals surface area (Å²) >= 11 is 6.82. The molecule has 5 heteroatoms. The van der Waals surface area contributed by atoms with Crippen molar-refractivity contribution in [1.82, 2.24) is 10.2 Å². The maximum atomic E-state index is 14.2. The third kappa shape index (κ3) is 5.46. The minimum Gasteiger partial charge on any atom is -0.494 e. The Morgan fingerprint density at radius 3 is 2.41 bits per heavy atom. The molecular weight excluding hydrogens is 480 g/mol. The number of rotatable bonds is 8. The Morgan fingerprint density at radius 2 is 1.70 bits per heavy atom. The number of hydrogen-bond donors (Lipinski definition) is 1. The smallest absolute Gasteiger partial charge is 0.252 e. The van der Waals surface area contributed by atoms with Gasteiger partial charge in [-0.2, -0.15) is 0 Å². The van der Waals surface area contributed by atoms with Crippen molar-refractivity contribution >= 4 is 22.5 Å². The second-order valence-corrected chi connectivity index (χ2v) is 10.4. The number of nitrogens with one attached hydrogen (secondary N) is 1. The van der Waals surface area contributed by atoms with Crippen LogP contribution in [0.3, 0.4) is 0 Å². The molecule has 0 aromatic heterocycles. The van der Waals surface area contributed by atoms with Crippen LogP contribution in [0.4, 0.5) is 0 Å². The maximum Gasteiger partial charge on any atom is 0.252 e. The van der Waals surface area contributed by atoms with Crippen molar-refractivity contribution in [2.45, 2.75) is 57.7 Å². The largest absolute Gasteiger partial charge is 0.494 e. The van der Waals surface area contributed by atoms with Gasteiger partial charge >= 0.3 is 0 Å². The summed E-state index contributed by atoms with van der Waals surface area (Å²) in [5.41, 5.74) is 6.10. The first-order valence-electron chi connectivity index (χ1n) is 13.3. The van der Waals surface area contributed by atoms with E-state index in [9.17, 15) is 4.79 Å². The van der Waals surface area contributed by atoms with Crippen molar-refractivity contribution in [2.75, 3.05) is 13.7 Å². The van der Waals surface area contributed by atoms with Crippen LogP contribution in [-0.4, -0.2) is 36.5 Å². The Hall–Kier alpha value is -3.08. The Morgan fingerprint density at radius 1 is 0.973 bits per heavy atom. The van der Waals surface area contributed by atoms with E-state index in [1.165, 1.54) is 0 Å². The first-order chi connectivity index (χ1) is 18.1. The number of carbonyl (C=O) groups is 1. The number of amides is 1. The van der Waals surface area contributed by atoms with Crippen molar-refractivity contribution in [3.63, 3.8) is 0 Å². The molecule has 3 aromatic carbocycles. The van der Waals surface area contributed by atoms with Crippen LogP contribution >= 0.6 is 11.6 Å². The molecule has 2 aliphatic carbocycles. The van der Waals surface area contributed by atoms with E-state index in [-0.39, 0.29) is 11.9 Å². The maximum absolute atomic E-state index is 14.2. The Bertz CT molecular complexity index is 1280. The van der Waals surface area contributed by atoms with Gasteiger partial charge in [0.2, 0.25) is 0 Å². The van der Waals surface area contributed by atoms with Crippen LogP contribution in [0.2, 0.25) is 0 Å². The summed E-state index contributed by atoms with van der Waals surface area (Å²) in [7, 11) is 2.03. The minimum absolute atomic E-state index is 0.0432. The predicted octanol–water partition coefficient (Wildman–Crippen LogP) is 6.82. The number of benzene rings is 3. The van der Waals surface area contributed by atoms with E-state index in [1.54, 1.807) is 0 Å². The zero-order valence-electron chi connectivity index (χ0n) is 21.7. The molecule has 0 spiro atoms. The van der Waals surface area contributed by atoms with Gasteiger partial charge in [-0.25, -0.2) is 0 Å².